The van der Waals surface area contributed by atoms with Gasteiger partial charge in [-0.3, -0.25) is 0 Å². The van der Waals surface area contributed by atoms with Crippen LogP contribution in [-0.2, 0) is 9.59 Å². The van der Waals surface area contributed by atoms with Crippen LogP contribution in [0.1, 0.15) is 0 Å². The molecule has 4 heteroatoms. The van der Waals surface area contributed by atoms with Crippen molar-refractivity contribution in [3.05, 3.63) is 11.6 Å². The molecule has 1 aliphatic rings. The normalized spacial score (nSPS) is 18.0. The summed E-state index contributed by atoms with van der Waals surface area (Å²) >= 11 is 0.0603. The Morgan fingerprint density at radius 2 is 2.18 bits per heavy atom. The summed E-state index contributed by atoms with van der Waals surface area (Å²) in [4.78, 5) is 25.3. The van der Waals surface area contributed by atoms with Crippen LogP contribution in [0.4, 0.5) is 0 Å². The molecule has 62 valence electrons. The van der Waals surface area contributed by atoms with E-state index in [9.17, 15) is 9.59 Å². The van der Waals surface area contributed by atoms with Crippen LogP contribution in [0.5, 0.6) is 0 Å². The molecule has 0 saturated carbocycles. The number of amides is 2. The van der Waals surface area contributed by atoms with Crippen molar-refractivity contribution in [3.63, 3.8) is 0 Å². The van der Waals surface area contributed by atoms with E-state index in [4.69, 9.17) is 0 Å². The second-order valence-corrected chi connectivity index (χ2v) is 4.56. The summed E-state index contributed by atoms with van der Waals surface area (Å²) in [5.74, 6) is -0.293. The summed E-state index contributed by atoms with van der Waals surface area (Å²) in [6, 6.07) is 0. The van der Waals surface area contributed by atoms with Crippen molar-refractivity contribution in [1.82, 2.24) is 4.90 Å². The second kappa shape index (κ2) is 3.34. The average Bonchev–Trinajstić information content (AvgIpc) is 2.19. The fourth-order valence-corrected chi connectivity index (χ4v) is 2.23. The van der Waals surface area contributed by atoms with Crippen LogP contribution in [0.15, 0.2) is 11.6 Å². The standard InChI is InChI=1S/C7H9INO2/c1-8-4-5-3-6(10)9(2)7(5)11/h3H,4H2,1-2H3/q-1. The molecule has 0 spiro atoms. The monoisotopic (exact) mass is 266 g/mol. The Balaban J connectivity index is 2.75. The molecule has 0 aromatic carbocycles. The van der Waals surface area contributed by atoms with Gasteiger partial charge in [-0.2, -0.15) is 0 Å². The van der Waals surface area contributed by atoms with Gasteiger partial charge in [0.25, 0.3) is 0 Å². The van der Waals surface area contributed by atoms with Gasteiger partial charge in [-0.1, -0.05) is 0 Å². The molecule has 0 N–H and O–H groups in total. The molecule has 11 heavy (non-hydrogen) atoms. The topological polar surface area (TPSA) is 37.4 Å². The second-order valence-electron chi connectivity index (χ2n) is 2.27. The molecule has 0 saturated heterocycles. The summed E-state index contributed by atoms with van der Waals surface area (Å²) in [5, 5.41) is 0. The number of hydrogen-bond donors (Lipinski definition) is 0. The number of likely N-dealkylation sites (N-methyl/N-ethyl adjacent to an activating group) is 1. The zero-order valence-corrected chi connectivity index (χ0v) is 8.58. The van der Waals surface area contributed by atoms with Gasteiger partial charge in [-0.15, -0.1) is 0 Å². The van der Waals surface area contributed by atoms with Crippen LogP contribution < -0.4 is 21.2 Å². The summed E-state index contributed by atoms with van der Waals surface area (Å²) in [7, 11) is 1.52. The molecule has 1 heterocycles. The molecule has 3 nitrogen and oxygen atoms in total. The first-order valence-electron chi connectivity index (χ1n) is 3.13. The Bertz CT molecular complexity index is 235. The van der Waals surface area contributed by atoms with Gasteiger partial charge < -0.3 is 0 Å². The zero-order valence-electron chi connectivity index (χ0n) is 6.43. The number of alkyl halides is 2. The van der Waals surface area contributed by atoms with E-state index in [1.807, 2.05) is 0 Å². The van der Waals surface area contributed by atoms with Gasteiger partial charge in [-0.25, -0.2) is 0 Å². The van der Waals surface area contributed by atoms with Crippen molar-refractivity contribution < 1.29 is 30.8 Å². The number of carbonyl (C=O) groups is 2. The molecule has 0 bridgehead atoms. The first kappa shape index (κ1) is 8.70. The van der Waals surface area contributed by atoms with Crippen molar-refractivity contribution in [2.24, 2.45) is 0 Å². The number of nitrogens with zero attached hydrogens (tertiary/aromatic N) is 1. The SMILES string of the molecule is C[I-]CC1=CC(=O)N(C)C1=O. The fraction of sp³-hybridized carbons (Fsp3) is 0.429. The van der Waals surface area contributed by atoms with Crippen molar-refractivity contribution in [2.45, 2.75) is 0 Å². The van der Waals surface area contributed by atoms with E-state index in [1.165, 1.54) is 13.1 Å². The molecule has 0 radical (unpaired) electrons. The third kappa shape index (κ3) is 1.61. The van der Waals surface area contributed by atoms with Crippen molar-refractivity contribution in [1.29, 1.82) is 0 Å². The molecular weight excluding hydrogens is 257 g/mol. The summed E-state index contributed by atoms with van der Waals surface area (Å²) in [6.07, 6.45) is 1.45. The molecule has 0 aliphatic carbocycles. The zero-order chi connectivity index (χ0) is 8.43. The minimum atomic E-state index is -0.178. The van der Waals surface area contributed by atoms with Gasteiger partial charge in [0.2, 0.25) is 0 Å². The van der Waals surface area contributed by atoms with Crippen LogP contribution in [0.25, 0.3) is 0 Å². The maximum atomic E-state index is 11.2. The van der Waals surface area contributed by atoms with E-state index in [1.54, 1.807) is 0 Å². The van der Waals surface area contributed by atoms with Crippen molar-refractivity contribution in [3.8, 4) is 0 Å². The summed E-state index contributed by atoms with van der Waals surface area (Å²) < 4.78 is 0.813. The molecule has 2 amide bonds. The van der Waals surface area contributed by atoms with E-state index >= 15 is 0 Å². The molecule has 0 atom stereocenters. The van der Waals surface area contributed by atoms with Crippen LogP contribution in [0.3, 0.4) is 0 Å². The number of carbonyl (C=O) groups excluding carboxylic acids is 2. The van der Waals surface area contributed by atoms with Crippen LogP contribution >= 0.6 is 0 Å². The van der Waals surface area contributed by atoms with Gasteiger partial charge in [0.05, 0.1) is 0 Å². The maximum absolute atomic E-state index is 11.2. The minimum absolute atomic E-state index is 0.0603. The molecular formula is C7H9INO2-. The Morgan fingerprint density at radius 1 is 1.55 bits per heavy atom. The molecule has 1 rings (SSSR count). The molecule has 1 aliphatic heterocycles. The van der Waals surface area contributed by atoms with E-state index in [2.05, 4.69) is 4.93 Å². The first-order chi connectivity index (χ1) is 5.16. The Kier molecular flexibility index (Phi) is 2.64. The third-order valence-corrected chi connectivity index (χ3v) is 3.07. The first-order valence-corrected chi connectivity index (χ1v) is 6.81. The van der Waals surface area contributed by atoms with Gasteiger partial charge in [0.1, 0.15) is 0 Å². The van der Waals surface area contributed by atoms with Gasteiger partial charge in [0.15, 0.2) is 0 Å². The van der Waals surface area contributed by atoms with Crippen LogP contribution in [0, 0.1) is 0 Å². The third-order valence-electron chi connectivity index (χ3n) is 1.49. The van der Waals surface area contributed by atoms with Gasteiger partial charge >= 0.3 is 75.6 Å². The Hall–Kier alpha value is -0.390. The van der Waals surface area contributed by atoms with E-state index < -0.39 is 0 Å². The molecule has 0 unspecified atom stereocenters. The van der Waals surface area contributed by atoms with Gasteiger partial charge in [-0.05, 0) is 0 Å². The summed E-state index contributed by atoms with van der Waals surface area (Å²) in [6.45, 7) is 0. The number of rotatable bonds is 2. The van der Waals surface area contributed by atoms with E-state index in [-0.39, 0.29) is 33.0 Å². The molecule has 0 aromatic heterocycles. The van der Waals surface area contributed by atoms with Crippen LogP contribution in [0.2, 0.25) is 0 Å². The van der Waals surface area contributed by atoms with Gasteiger partial charge in [0, 0.05) is 0 Å². The van der Waals surface area contributed by atoms with Crippen LogP contribution in [-0.4, -0.2) is 33.1 Å². The predicted molar refractivity (Wildman–Crippen MR) is 36.7 cm³/mol. The number of hydrogen-bond acceptors (Lipinski definition) is 2. The van der Waals surface area contributed by atoms with E-state index in [0.717, 1.165) is 9.33 Å². The molecule has 0 fully saturated rings. The molecule has 0 aromatic rings. The Labute approximate surface area is 75.7 Å². The van der Waals surface area contributed by atoms with Crippen molar-refractivity contribution >= 4 is 11.8 Å². The average molecular weight is 266 g/mol. The summed E-state index contributed by atoms with van der Waals surface area (Å²) in [5.41, 5.74) is 0.688. The predicted octanol–water partition coefficient (Wildman–Crippen LogP) is -3.37. The quantitative estimate of drug-likeness (QED) is 0.297. The fourth-order valence-electron chi connectivity index (χ4n) is 0.863. The Morgan fingerprint density at radius 3 is 2.55 bits per heavy atom. The number of halogens is 1. The van der Waals surface area contributed by atoms with E-state index in [0.29, 0.717) is 5.57 Å². The van der Waals surface area contributed by atoms with Crippen molar-refractivity contribution in [2.75, 3.05) is 16.4 Å². The number of imide groups is 1.